The minimum atomic E-state index is -1.95. The van der Waals surface area contributed by atoms with Gasteiger partial charge in [0.1, 0.15) is 85.1 Å². The maximum atomic E-state index is 14.4. The average molecular weight is 1610 g/mol. The van der Waals surface area contributed by atoms with Crippen LogP contribution in [0.5, 0.6) is 0 Å². The Morgan fingerprint density at radius 1 is 0.339 bits per heavy atom. The highest BCUT2D eigenvalue weighted by Crippen LogP contribution is 2.11. The summed E-state index contributed by atoms with van der Waals surface area (Å²) in [6.45, 7) is 6.22. The largest absolute Gasteiger partial charge is 0.480 e. The first-order valence-corrected chi connectivity index (χ1v) is 36.8. The lowest BCUT2D eigenvalue weighted by atomic mass is 10.0. The van der Waals surface area contributed by atoms with Gasteiger partial charge in [-0.1, -0.05) is 0 Å². The smallest absolute Gasteiger partial charge is 0.325 e. The predicted octanol–water partition coefficient (Wildman–Crippen LogP) is -14.4. The summed E-state index contributed by atoms with van der Waals surface area (Å²) in [5.41, 5.74) is 44.7. The van der Waals surface area contributed by atoms with E-state index in [1.165, 1.54) is 20.8 Å². The van der Waals surface area contributed by atoms with Gasteiger partial charge in [0.05, 0.1) is 44.1 Å². The monoisotopic (exact) mass is 1610 g/mol. The normalized spacial score (nSPS) is 15.5. The van der Waals surface area contributed by atoms with Crippen LogP contribution in [0.15, 0.2) is 0 Å². The Morgan fingerprint density at radius 3 is 1.08 bits per heavy atom. The number of amides is 16. The summed E-state index contributed by atoms with van der Waals surface area (Å²) >= 11 is 0. The molecule has 0 aliphatic heterocycles. The van der Waals surface area contributed by atoms with Gasteiger partial charge in [-0.15, -0.1) is 0 Å². The number of aliphatic carboxylic acids is 1. The van der Waals surface area contributed by atoms with Crippen molar-refractivity contribution in [3.8, 4) is 0 Å². The summed E-state index contributed by atoms with van der Waals surface area (Å²) in [7, 11) is 0. The van der Waals surface area contributed by atoms with Gasteiger partial charge >= 0.3 is 5.97 Å². The number of hydrogen-bond donors (Lipinski definition) is 30. The second-order valence-corrected chi connectivity index (χ2v) is 26.7. The minimum Gasteiger partial charge on any atom is -0.480 e. The van der Waals surface area contributed by atoms with E-state index >= 15 is 0 Å². The molecule has 0 spiro atoms. The molecule has 0 saturated carbocycles. The molecule has 0 heterocycles. The van der Waals surface area contributed by atoms with E-state index in [4.69, 9.17) is 45.9 Å². The van der Waals surface area contributed by atoms with Crippen molar-refractivity contribution < 1.29 is 107 Å². The molecule has 47 nitrogen and oxygen atoms in total. The topological polar surface area (TPSA) is 804 Å². The Labute approximate surface area is 648 Å². The molecule has 0 fully saturated rings. The van der Waals surface area contributed by atoms with Crippen LogP contribution in [0.3, 0.4) is 0 Å². The van der Waals surface area contributed by atoms with Crippen LogP contribution in [0.25, 0.3) is 0 Å². The first-order chi connectivity index (χ1) is 52.5. The van der Waals surface area contributed by atoms with E-state index in [1.54, 1.807) is 0 Å². The molecular weight excluding hydrogens is 1480 g/mol. The summed E-state index contributed by atoms with van der Waals surface area (Å²) in [5, 5.41) is 92.6. The van der Waals surface area contributed by atoms with Crippen molar-refractivity contribution in [3.63, 3.8) is 0 Å². The molecule has 38 N–H and O–H groups in total. The molecule has 0 aromatic rings. The number of nitrogens with one attached hydrogen (secondary N) is 17. The Morgan fingerprint density at radius 2 is 0.679 bits per heavy atom. The van der Waals surface area contributed by atoms with Crippen LogP contribution in [0, 0.1) is 0 Å². The Balaban J connectivity index is 6.81. The van der Waals surface area contributed by atoms with Crippen LogP contribution in [0.4, 0.5) is 0 Å². The van der Waals surface area contributed by atoms with Crippen molar-refractivity contribution >= 4 is 100 Å². The Hall–Kier alpha value is -9.53. The number of aliphatic hydroxyl groups excluding tert-OH is 4. The standard InChI is InChI=1S/C65H123N25O22/c1-31(68)51(99)82-42(20-15-27-76-65(72)73)57(105)90-50(36(6)94)62(110)86-40(17-9-12-24-67)54(102)85-43(21-22-45(69)96)58(106)89-49(35(5)93)61(109)79-32(2)52(100)83-41(19-14-26-75-64(70)71)55(103)84-39(18-10-13-25-74-37(7)95)56(104)87-44(30-91)59(107)88-48(34(4)92)60(108)78-28-46(97)77-29-47(98)81-38(16-8-11-23-66)53(101)80-33(3)63(111)112/h31-36,38-44,48-50,64-65,75-76,91-94H,8-30,66-68,70-73H2,1-7H3,(H2,69,96)(H,74,95)(H,77,97)(H,78,108)(H,79,109)(H,80,101)(H,81,98)(H,82,99)(H,83,100)(H,84,103)(H,85,102)(H,86,110)(H,87,104)(H,88,107)(H,89,106)(H,90,105)(H,111,112)/t31-,32-,33-,34+,35+,36+,38-,39-,40-,41-,42-,43-,44-,48-,49-,50-/m0/s1. The van der Waals surface area contributed by atoms with Gasteiger partial charge in [-0.3, -0.25) is 92.1 Å². The maximum absolute atomic E-state index is 14.4. The van der Waals surface area contributed by atoms with Gasteiger partial charge < -0.3 is 151 Å². The molecule has 0 rings (SSSR count). The maximum Gasteiger partial charge on any atom is 0.325 e. The molecule has 0 unspecified atom stereocenters. The molecule has 0 radical (unpaired) electrons. The highest BCUT2D eigenvalue weighted by Gasteiger charge is 2.38. The number of carboxylic acid groups (broad SMARTS) is 1. The van der Waals surface area contributed by atoms with Gasteiger partial charge in [0.2, 0.25) is 94.5 Å². The van der Waals surface area contributed by atoms with Gasteiger partial charge in [-0.25, -0.2) is 0 Å². The third-order valence-corrected chi connectivity index (χ3v) is 16.6. The van der Waals surface area contributed by atoms with E-state index in [9.17, 15) is 107 Å². The number of unbranched alkanes of at least 4 members (excludes halogenated alkanes) is 3. The number of carbonyl (C=O) groups is 17. The fourth-order valence-electron chi connectivity index (χ4n) is 10.1. The summed E-state index contributed by atoms with van der Waals surface area (Å²) in [4.78, 5) is 226. The van der Waals surface area contributed by atoms with Crippen molar-refractivity contribution in [2.75, 3.05) is 52.4 Å². The fourth-order valence-corrected chi connectivity index (χ4v) is 10.1. The molecule has 16 amide bonds. The van der Waals surface area contributed by atoms with E-state index < -0.39 is 242 Å². The van der Waals surface area contributed by atoms with Crippen molar-refractivity contribution in [3.05, 3.63) is 0 Å². The Kier molecular flexibility index (Phi) is 51.1. The summed E-state index contributed by atoms with van der Waals surface area (Å²) in [6, 6.07) is -20.6. The molecule has 47 heteroatoms. The molecule has 0 aromatic heterocycles. The van der Waals surface area contributed by atoms with E-state index in [0.29, 0.717) is 19.3 Å². The molecule has 0 bridgehead atoms. The lowest BCUT2D eigenvalue weighted by Gasteiger charge is -2.29. The van der Waals surface area contributed by atoms with Gasteiger partial charge in [0.15, 0.2) is 0 Å². The van der Waals surface area contributed by atoms with E-state index in [2.05, 4.69) is 90.4 Å². The number of carbonyl (C=O) groups excluding carboxylic acids is 16. The first-order valence-electron chi connectivity index (χ1n) is 36.8. The summed E-state index contributed by atoms with van der Waals surface area (Å²) in [6.07, 6.45) is -6.92. The van der Waals surface area contributed by atoms with E-state index in [-0.39, 0.29) is 96.9 Å². The molecule has 640 valence electrons. The van der Waals surface area contributed by atoms with Crippen molar-refractivity contribution in [2.45, 2.75) is 254 Å². The number of rotatable bonds is 59. The molecule has 16 atom stereocenters. The fraction of sp³-hybridized carbons (Fsp3) is 0.738. The first kappa shape index (κ1) is 102. The van der Waals surface area contributed by atoms with Crippen LogP contribution >= 0.6 is 0 Å². The highest BCUT2D eigenvalue weighted by atomic mass is 16.4. The molecular formula is C65H123N25O22. The summed E-state index contributed by atoms with van der Waals surface area (Å²) < 4.78 is 0. The van der Waals surface area contributed by atoms with Crippen molar-refractivity contribution in [1.29, 1.82) is 0 Å². The molecule has 0 aromatic carbocycles. The van der Waals surface area contributed by atoms with Crippen LogP contribution in [-0.4, -0.2) is 288 Å². The molecule has 0 saturated heterocycles. The zero-order valence-corrected chi connectivity index (χ0v) is 64.5. The molecule has 112 heavy (non-hydrogen) atoms. The summed E-state index contributed by atoms with van der Waals surface area (Å²) in [5.74, 6) is -17.4. The van der Waals surface area contributed by atoms with Gasteiger partial charge in [0, 0.05) is 19.9 Å². The van der Waals surface area contributed by atoms with Crippen LogP contribution < -0.4 is 136 Å². The lowest BCUT2D eigenvalue weighted by Crippen LogP contribution is -2.62. The molecule has 0 aliphatic rings. The van der Waals surface area contributed by atoms with Crippen molar-refractivity contribution in [1.82, 2.24) is 90.4 Å². The SMILES string of the molecule is CC(=O)NCCCC[C@H](NC(=O)[C@H](CCCNC(N)N)NC(=O)[C@H](C)NC(=O)[C@@H](NC(=O)[C@H](CCC(N)=O)NC(=O)[C@H](CCCCN)NC(=O)[C@@H](NC(=O)[C@H](CCCNC(N)N)NC(=O)[C@H](C)N)[C@@H](C)O)[C@@H](C)O)C(=O)N[C@@H](CO)C(=O)N[C@H](C(=O)NCC(=O)NCC(=O)N[C@@H](CCCCN)C(=O)N[C@@H](C)C(=O)O)[C@@H](C)O. The van der Waals surface area contributed by atoms with Gasteiger partial charge in [0.25, 0.3) is 0 Å². The highest BCUT2D eigenvalue weighted by molar-refractivity contribution is 6.00. The number of hydrogen-bond acceptors (Lipinski definition) is 30. The van der Waals surface area contributed by atoms with Gasteiger partial charge in [-0.05, 0) is 158 Å². The number of carboxylic acids is 1. The number of primary amides is 1. The third kappa shape index (κ3) is 43.3. The minimum absolute atomic E-state index is 0.0298. The number of aliphatic hydroxyl groups is 4. The second kappa shape index (κ2) is 55.8. The van der Waals surface area contributed by atoms with E-state index in [0.717, 1.165) is 27.7 Å². The average Bonchev–Trinajstić information content (AvgIpc) is 0.855. The lowest BCUT2D eigenvalue weighted by molar-refractivity contribution is -0.141. The predicted molar refractivity (Wildman–Crippen MR) is 400 cm³/mol. The zero-order chi connectivity index (χ0) is 85.5. The van der Waals surface area contributed by atoms with Crippen molar-refractivity contribution in [2.24, 2.45) is 45.9 Å². The van der Waals surface area contributed by atoms with Crippen LogP contribution in [0.1, 0.15) is 145 Å². The second-order valence-electron chi connectivity index (χ2n) is 26.7. The zero-order valence-electron chi connectivity index (χ0n) is 64.5. The third-order valence-electron chi connectivity index (χ3n) is 16.6. The quantitative estimate of drug-likeness (QED) is 0.0199. The number of nitrogens with two attached hydrogens (primary N) is 8. The van der Waals surface area contributed by atoms with Crippen LogP contribution in [-0.2, 0) is 81.5 Å². The molecule has 0 aliphatic carbocycles. The Bertz CT molecular complexity index is 3060. The van der Waals surface area contributed by atoms with Gasteiger partial charge in [-0.2, -0.15) is 0 Å². The van der Waals surface area contributed by atoms with E-state index in [1.807, 2.05) is 0 Å². The van der Waals surface area contributed by atoms with Crippen LogP contribution in [0.2, 0.25) is 0 Å².